The first kappa shape index (κ1) is 17.7. The summed E-state index contributed by atoms with van der Waals surface area (Å²) in [6.07, 6.45) is 3.21. The van der Waals surface area contributed by atoms with E-state index in [0.717, 1.165) is 37.4 Å². The molecule has 2 unspecified atom stereocenters. The van der Waals surface area contributed by atoms with Crippen LogP contribution >= 0.6 is 0 Å². The van der Waals surface area contributed by atoms with Crippen molar-refractivity contribution in [1.82, 2.24) is 0 Å². The van der Waals surface area contributed by atoms with E-state index in [9.17, 15) is 9.59 Å². The third-order valence-corrected chi connectivity index (χ3v) is 5.20. The lowest BCUT2D eigenvalue weighted by Crippen LogP contribution is -2.41. The van der Waals surface area contributed by atoms with Crippen molar-refractivity contribution < 1.29 is 24.2 Å². The lowest BCUT2D eigenvalue weighted by atomic mass is 9.73. The molecule has 2 fully saturated rings. The van der Waals surface area contributed by atoms with E-state index >= 15 is 0 Å². The molecule has 2 atom stereocenters. The molecule has 2 aliphatic rings. The summed E-state index contributed by atoms with van der Waals surface area (Å²) in [5, 5.41) is 11.9. The van der Waals surface area contributed by atoms with Gasteiger partial charge >= 0.3 is 5.97 Å². The van der Waals surface area contributed by atoms with Gasteiger partial charge in [0.2, 0.25) is 5.91 Å². The zero-order valence-corrected chi connectivity index (χ0v) is 14.5. The zero-order chi connectivity index (χ0) is 17.8. The second-order valence-corrected chi connectivity index (χ2v) is 6.96. The molecule has 1 aliphatic heterocycles. The maximum Gasteiger partial charge on any atom is 0.307 e. The summed E-state index contributed by atoms with van der Waals surface area (Å²) in [7, 11) is 0. The van der Waals surface area contributed by atoms with Gasteiger partial charge in [-0.15, -0.1) is 0 Å². The molecule has 6 nitrogen and oxygen atoms in total. The van der Waals surface area contributed by atoms with Crippen molar-refractivity contribution in [3.63, 3.8) is 0 Å². The predicted octanol–water partition coefficient (Wildman–Crippen LogP) is 2.85. The molecule has 0 aromatic heterocycles. The number of anilines is 1. The van der Waals surface area contributed by atoms with Crippen LogP contribution in [0.4, 0.5) is 5.69 Å². The normalized spacial score (nSPS) is 23.6. The first-order valence-electron chi connectivity index (χ1n) is 8.89. The Labute approximate surface area is 147 Å². The topological polar surface area (TPSA) is 84.9 Å². The number of hydrogen-bond donors (Lipinski definition) is 2. The van der Waals surface area contributed by atoms with Gasteiger partial charge in [-0.2, -0.15) is 0 Å². The molecule has 1 saturated carbocycles. The Morgan fingerprint density at radius 3 is 2.56 bits per heavy atom. The summed E-state index contributed by atoms with van der Waals surface area (Å²) >= 11 is 0. The average molecular weight is 347 g/mol. The van der Waals surface area contributed by atoms with Crippen LogP contribution < -0.4 is 10.1 Å². The molecule has 136 valence electrons. The maximum atomic E-state index is 12.3. The maximum absolute atomic E-state index is 12.3. The fourth-order valence-corrected chi connectivity index (χ4v) is 3.30. The van der Waals surface area contributed by atoms with Gasteiger partial charge in [-0.3, -0.25) is 9.59 Å². The molecule has 1 amide bonds. The van der Waals surface area contributed by atoms with Crippen LogP contribution in [0.3, 0.4) is 0 Å². The Balaban J connectivity index is 1.58. The second kappa shape index (κ2) is 7.87. The van der Waals surface area contributed by atoms with Gasteiger partial charge in [0.05, 0.1) is 18.4 Å². The summed E-state index contributed by atoms with van der Waals surface area (Å²) in [4.78, 5) is 23.4. The molecule has 6 heteroatoms. The summed E-state index contributed by atoms with van der Waals surface area (Å²) in [5.41, 5.74) is 1.66. The molecular weight excluding hydrogens is 322 g/mol. The number of carbonyl (C=O) groups is 2. The lowest BCUT2D eigenvalue weighted by molar-refractivity contribution is -0.151. The largest absolute Gasteiger partial charge is 0.493 e. The number of aliphatic carboxylic acids is 1. The standard InChI is InChI=1S/C19H25NO5/c1-12-2-3-14(20-18(21)15-4-5-16(15)19(22)23)10-17(12)25-11-13-6-8-24-9-7-13/h2-3,10,13,15-16H,4-9,11H2,1H3,(H,20,21)(H,22,23). The molecule has 0 radical (unpaired) electrons. The van der Waals surface area contributed by atoms with E-state index in [2.05, 4.69) is 5.32 Å². The van der Waals surface area contributed by atoms with Crippen molar-refractivity contribution in [2.45, 2.75) is 32.6 Å². The van der Waals surface area contributed by atoms with Crippen molar-refractivity contribution in [1.29, 1.82) is 0 Å². The van der Waals surface area contributed by atoms with E-state index in [0.29, 0.717) is 31.1 Å². The first-order chi connectivity index (χ1) is 12.0. The van der Waals surface area contributed by atoms with Gasteiger partial charge < -0.3 is 19.9 Å². The molecule has 1 aliphatic carbocycles. The number of carboxylic acid groups (broad SMARTS) is 1. The van der Waals surface area contributed by atoms with Gasteiger partial charge in [0.25, 0.3) is 0 Å². The molecule has 1 saturated heterocycles. The smallest absolute Gasteiger partial charge is 0.307 e. The van der Waals surface area contributed by atoms with Crippen LogP contribution in [-0.4, -0.2) is 36.8 Å². The van der Waals surface area contributed by atoms with Crippen molar-refractivity contribution in [2.75, 3.05) is 25.1 Å². The van der Waals surface area contributed by atoms with E-state index in [4.69, 9.17) is 14.6 Å². The molecule has 3 rings (SSSR count). The fourth-order valence-electron chi connectivity index (χ4n) is 3.30. The van der Waals surface area contributed by atoms with Gasteiger partial charge in [0.15, 0.2) is 0 Å². The van der Waals surface area contributed by atoms with Crippen LogP contribution in [0.15, 0.2) is 18.2 Å². The summed E-state index contributed by atoms with van der Waals surface area (Å²) in [5.74, 6) is -0.862. The van der Waals surface area contributed by atoms with Gasteiger partial charge in [-0.25, -0.2) is 0 Å². The van der Waals surface area contributed by atoms with Crippen LogP contribution in [0.2, 0.25) is 0 Å². The highest BCUT2D eigenvalue weighted by atomic mass is 16.5. The van der Waals surface area contributed by atoms with E-state index < -0.39 is 17.8 Å². The SMILES string of the molecule is Cc1ccc(NC(=O)C2CCC2C(=O)O)cc1OCC1CCOCC1. The Bertz CT molecular complexity index is 639. The highest BCUT2D eigenvalue weighted by molar-refractivity contribution is 5.96. The van der Waals surface area contributed by atoms with Crippen molar-refractivity contribution in [3.05, 3.63) is 23.8 Å². The van der Waals surface area contributed by atoms with Crippen molar-refractivity contribution in [3.8, 4) is 5.75 Å². The van der Waals surface area contributed by atoms with Gasteiger partial charge in [0.1, 0.15) is 5.75 Å². The lowest BCUT2D eigenvalue weighted by Gasteiger charge is -2.32. The first-order valence-corrected chi connectivity index (χ1v) is 8.89. The van der Waals surface area contributed by atoms with Crippen LogP contribution in [0.1, 0.15) is 31.2 Å². The number of nitrogens with one attached hydrogen (secondary N) is 1. The number of rotatable bonds is 6. The zero-order valence-electron chi connectivity index (χ0n) is 14.5. The number of ether oxygens (including phenoxy) is 2. The molecule has 1 aromatic carbocycles. The number of aryl methyl sites for hydroxylation is 1. The highest BCUT2D eigenvalue weighted by Crippen LogP contribution is 2.35. The number of carboxylic acids is 1. The quantitative estimate of drug-likeness (QED) is 0.826. The van der Waals surface area contributed by atoms with Gasteiger partial charge in [-0.05, 0) is 50.2 Å². The molecule has 2 N–H and O–H groups in total. The minimum Gasteiger partial charge on any atom is -0.493 e. The highest BCUT2D eigenvalue weighted by Gasteiger charge is 2.41. The molecule has 0 spiro atoms. The number of benzene rings is 1. The minimum atomic E-state index is -0.893. The molecular formula is C19H25NO5. The van der Waals surface area contributed by atoms with Crippen molar-refractivity contribution >= 4 is 17.6 Å². The Kier molecular flexibility index (Phi) is 5.58. The Morgan fingerprint density at radius 2 is 1.92 bits per heavy atom. The molecule has 1 aromatic rings. The summed E-state index contributed by atoms with van der Waals surface area (Å²) in [6, 6.07) is 5.55. The second-order valence-electron chi connectivity index (χ2n) is 6.96. The monoisotopic (exact) mass is 347 g/mol. The number of carbonyl (C=O) groups excluding carboxylic acids is 1. The Morgan fingerprint density at radius 1 is 1.20 bits per heavy atom. The van der Waals surface area contributed by atoms with Crippen LogP contribution in [0, 0.1) is 24.7 Å². The van der Waals surface area contributed by atoms with E-state index in [1.807, 2.05) is 25.1 Å². The molecule has 1 heterocycles. The minimum absolute atomic E-state index is 0.224. The number of amides is 1. The fraction of sp³-hybridized carbons (Fsp3) is 0.579. The third kappa shape index (κ3) is 4.31. The van der Waals surface area contributed by atoms with E-state index in [-0.39, 0.29) is 5.91 Å². The Hall–Kier alpha value is -2.08. The average Bonchev–Trinajstić information content (AvgIpc) is 2.54. The summed E-state index contributed by atoms with van der Waals surface area (Å²) in [6.45, 7) is 4.19. The van der Waals surface area contributed by atoms with Crippen LogP contribution in [-0.2, 0) is 14.3 Å². The third-order valence-electron chi connectivity index (χ3n) is 5.20. The van der Waals surface area contributed by atoms with E-state index in [1.54, 1.807) is 0 Å². The molecule has 25 heavy (non-hydrogen) atoms. The van der Waals surface area contributed by atoms with Crippen molar-refractivity contribution in [2.24, 2.45) is 17.8 Å². The van der Waals surface area contributed by atoms with Crippen LogP contribution in [0.25, 0.3) is 0 Å². The van der Waals surface area contributed by atoms with Gasteiger partial charge in [0, 0.05) is 25.0 Å². The number of hydrogen-bond acceptors (Lipinski definition) is 4. The molecule has 0 bridgehead atoms. The van der Waals surface area contributed by atoms with Crippen LogP contribution in [0.5, 0.6) is 5.75 Å². The predicted molar refractivity (Wildman–Crippen MR) is 92.7 cm³/mol. The van der Waals surface area contributed by atoms with Gasteiger partial charge in [-0.1, -0.05) is 6.07 Å². The summed E-state index contributed by atoms with van der Waals surface area (Å²) < 4.78 is 11.3. The van der Waals surface area contributed by atoms with E-state index in [1.165, 1.54) is 0 Å².